The van der Waals surface area contributed by atoms with Gasteiger partial charge in [0.25, 0.3) is 0 Å². The Balaban J connectivity index is 1.86. The van der Waals surface area contributed by atoms with Gasteiger partial charge in [0.1, 0.15) is 18.0 Å². The molecule has 0 amide bonds. The number of ketones is 1. The monoisotopic (exact) mass is 264 g/mol. The molecule has 0 aromatic heterocycles. The molecule has 0 aromatic rings. The van der Waals surface area contributed by atoms with Gasteiger partial charge in [-0.2, -0.15) is 0 Å². The normalized spacial score (nSPS) is 27.6. The molecule has 1 heterocycles. The second-order valence-electron chi connectivity index (χ2n) is 5.44. The summed E-state index contributed by atoms with van der Waals surface area (Å²) in [5.74, 6) is 0.705. The highest BCUT2D eigenvalue weighted by Crippen LogP contribution is 2.33. The standard InChI is InChI=1S/C16H24O3/c1-2-3-4-5-6-7-12-8-9-13-15(19-12)11-10-14(17)16(13)18/h6-7,12,14,17H,2-5,8-11H2,1H3/b7-6+/t12-,14+/m0/s1. The van der Waals surface area contributed by atoms with Crippen molar-refractivity contribution in [1.82, 2.24) is 0 Å². The lowest BCUT2D eigenvalue weighted by atomic mass is 9.88. The van der Waals surface area contributed by atoms with Crippen LogP contribution in [0.4, 0.5) is 0 Å². The molecule has 1 aliphatic carbocycles. The summed E-state index contributed by atoms with van der Waals surface area (Å²) in [6.45, 7) is 2.20. The van der Waals surface area contributed by atoms with Crippen LogP contribution in [0.5, 0.6) is 0 Å². The number of hydrogen-bond acceptors (Lipinski definition) is 3. The van der Waals surface area contributed by atoms with Gasteiger partial charge in [-0.3, -0.25) is 4.79 Å². The zero-order valence-electron chi connectivity index (χ0n) is 11.7. The maximum Gasteiger partial charge on any atom is 0.190 e. The second-order valence-corrected chi connectivity index (χ2v) is 5.44. The topological polar surface area (TPSA) is 46.5 Å². The first-order valence-corrected chi connectivity index (χ1v) is 7.50. The average molecular weight is 264 g/mol. The van der Waals surface area contributed by atoms with Crippen molar-refractivity contribution in [3.8, 4) is 0 Å². The van der Waals surface area contributed by atoms with Crippen molar-refractivity contribution < 1.29 is 14.6 Å². The number of ether oxygens (including phenoxy) is 1. The number of Topliss-reactive ketones (excluding diaryl/α,β-unsaturated/α-hetero) is 1. The van der Waals surface area contributed by atoms with Crippen molar-refractivity contribution in [2.45, 2.75) is 70.5 Å². The Bertz CT molecular complexity index is 381. The van der Waals surface area contributed by atoms with Gasteiger partial charge in [-0.05, 0) is 38.2 Å². The van der Waals surface area contributed by atoms with Gasteiger partial charge < -0.3 is 9.84 Å². The van der Waals surface area contributed by atoms with Crippen molar-refractivity contribution in [3.63, 3.8) is 0 Å². The molecule has 0 aromatic carbocycles. The van der Waals surface area contributed by atoms with Crippen molar-refractivity contribution in [1.29, 1.82) is 0 Å². The molecule has 1 aliphatic heterocycles. The molecule has 0 bridgehead atoms. The van der Waals surface area contributed by atoms with Gasteiger partial charge in [-0.25, -0.2) is 0 Å². The van der Waals surface area contributed by atoms with E-state index in [0.717, 1.165) is 30.6 Å². The number of carbonyl (C=O) groups is 1. The van der Waals surface area contributed by atoms with Crippen molar-refractivity contribution >= 4 is 5.78 Å². The molecule has 0 saturated carbocycles. The predicted molar refractivity (Wildman–Crippen MR) is 74.7 cm³/mol. The molecule has 1 N–H and O–H groups in total. The van der Waals surface area contributed by atoms with Crippen LogP contribution in [0.15, 0.2) is 23.5 Å². The molecular weight excluding hydrogens is 240 g/mol. The summed E-state index contributed by atoms with van der Waals surface area (Å²) in [7, 11) is 0. The smallest absolute Gasteiger partial charge is 0.190 e. The minimum atomic E-state index is -0.802. The van der Waals surface area contributed by atoms with Crippen LogP contribution in [0.25, 0.3) is 0 Å². The van der Waals surface area contributed by atoms with E-state index in [2.05, 4.69) is 19.1 Å². The first-order chi connectivity index (χ1) is 9.22. The molecule has 19 heavy (non-hydrogen) atoms. The third-order valence-electron chi connectivity index (χ3n) is 3.88. The average Bonchev–Trinajstić information content (AvgIpc) is 2.43. The highest BCUT2D eigenvalue weighted by molar-refractivity contribution is 6.00. The van der Waals surface area contributed by atoms with Gasteiger partial charge in [-0.1, -0.05) is 25.8 Å². The maximum absolute atomic E-state index is 11.8. The number of aliphatic hydroxyl groups excluding tert-OH is 1. The Kier molecular flexibility index (Phi) is 5.20. The first-order valence-electron chi connectivity index (χ1n) is 7.50. The van der Waals surface area contributed by atoms with Gasteiger partial charge in [0.05, 0.1) is 0 Å². The Morgan fingerprint density at radius 1 is 1.32 bits per heavy atom. The van der Waals surface area contributed by atoms with Crippen LogP contribution < -0.4 is 0 Å². The van der Waals surface area contributed by atoms with E-state index in [1.807, 2.05) is 0 Å². The van der Waals surface area contributed by atoms with Crippen molar-refractivity contribution in [2.75, 3.05) is 0 Å². The summed E-state index contributed by atoms with van der Waals surface area (Å²) >= 11 is 0. The lowest BCUT2D eigenvalue weighted by molar-refractivity contribution is -0.125. The fourth-order valence-electron chi connectivity index (χ4n) is 2.70. The van der Waals surface area contributed by atoms with Gasteiger partial charge in [0.2, 0.25) is 0 Å². The molecular formula is C16H24O3. The lowest BCUT2D eigenvalue weighted by Gasteiger charge is -2.30. The molecule has 0 spiro atoms. The molecule has 0 saturated heterocycles. The van der Waals surface area contributed by atoms with Crippen molar-refractivity contribution in [3.05, 3.63) is 23.5 Å². The van der Waals surface area contributed by atoms with Crippen LogP contribution in [0.2, 0.25) is 0 Å². The number of carbonyl (C=O) groups excluding carboxylic acids is 1. The van der Waals surface area contributed by atoms with E-state index in [1.165, 1.54) is 19.3 Å². The van der Waals surface area contributed by atoms with Gasteiger partial charge in [0, 0.05) is 12.0 Å². The lowest BCUT2D eigenvalue weighted by Crippen LogP contribution is -2.32. The minimum absolute atomic E-state index is 0.114. The largest absolute Gasteiger partial charge is 0.490 e. The van der Waals surface area contributed by atoms with Crippen LogP contribution >= 0.6 is 0 Å². The summed E-state index contributed by atoms with van der Waals surface area (Å²) in [6.07, 6.45) is 11.3. The molecule has 0 fully saturated rings. The molecule has 2 rings (SSSR count). The molecule has 3 nitrogen and oxygen atoms in total. The third kappa shape index (κ3) is 3.69. The SMILES string of the molecule is CCCCC/C=C/[C@H]1CCC2=C(CC[C@@H](O)C2=O)O1. The van der Waals surface area contributed by atoms with E-state index in [0.29, 0.717) is 12.8 Å². The highest BCUT2D eigenvalue weighted by atomic mass is 16.5. The summed E-state index contributed by atoms with van der Waals surface area (Å²) in [4.78, 5) is 11.8. The number of allylic oxidation sites excluding steroid dienone is 2. The number of hydrogen-bond donors (Lipinski definition) is 1. The molecule has 3 heteroatoms. The van der Waals surface area contributed by atoms with E-state index in [9.17, 15) is 9.90 Å². The van der Waals surface area contributed by atoms with Gasteiger partial charge in [-0.15, -0.1) is 0 Å². The zero-order chi connectivity index (χ0) is 13.7. The fourth-order valence-corrected chi connectivity index (χ4v) is 2.70. The Morgan fingerprint density at radius 3 is 2.95 bits per heavy atom. The second kappa shape index (κ2) is 6.90. The molecule has 106 valence electrons. The summed E-state index contributed by atoms with van der Waals surface area (Å²) in [6, 6.07) is 0. The van der Waals surface area contributed by atoms with Crippen LogP contribution in [0.1, 0.15) is 58.3 Å². The Labute approximate surface area is 115 Å². The summed E-state index contributed by atoms with van der Waals surface area (Å²) in [5.41, 5.74) is 0.731. The number of unbranched alkanes of at least 4 members (excludes halogenated alkanes) is 3. The Morgan fingerprint density at radius 2 is 2.16 bits per heavy atom. The number of rotatable bonds is 5. The van der Waals surface area contributed by atoms with Crippen molar-refractivity contribution in [2.24, 2.45) is 0 Å². The summed E-state index contributed by atoms with van der Waals surface area (Å²) < 4.78 is 5.88. The van der Waals surface area contributed by atoms with Crippen LogP contribution in [-0.4, -0.2) is 23.1 Å². The number of aliphatic hydroxyl groups is 1. The minimum Gasteiger partial charge on any atom is -0.490 e. The van der Waals surface area contributed by atoms with E-state index in [4.69, 9.17) is 4.74 Å². The van der Waals surface area contributed by atoms with E-state index in [1.54, 1.807) is 0 Å². The third-order valence-corrected chi connectivity index (χ3v) is 3.88. The predicted octanol–water partition coefficient (Wildman–Crippen LogP) is 3.28. The fraction of sp³-hybridized carbons (Fsp3) is 0.688. The molecule has 0 radical (unpaired) electrons. The van der Waals surface area contributed by atoms with Crippen LogP contribution in [0.3, 0.4) is 0 Å². The van der Waals surface area contributed by atoms with E-state index >= 15 is 0 Å². The van der Waals surface area contributed by atoms with Gasteiger partial charge in [0.15, 0.2) is 5.78 Å². The summed E-state index contributed by atoms with van der Waals surface area (Å²) in [5, 5.41) is 9.55. The van der Waals surface area contributed by atoms with Gasteiger partial charge >= 0.3 is 0 Å². The zero-order valence-corrected chi connectivity index (χ0v) is 11.7. The first kappa shape index (κ1) is 14.3. The van der Waals surface area contributed by atoms with Crippen LogP contribution in [0, 0.1) is 0 Å². The van der Waals surface area contributed by atoms with Crippen LogP contribution in [-0.2, 0) is 9.53 Å². The quantitative estimate of drug-likeness (QED) is 0.612. The molecule has 2 atom stereocenters. The molecule has 0 unspecified atom stereocenters. The molecule has 2 aliphatic rings. The Hall–Kier alpha value is -1.09. The highest BCUT2D eigenvalue weighted by Gasteiger charge is 2.32. The maximum atomic E-state index is 11.8. The van der Waals surface area contributed by atoms with E-state index in [-0.39, 0.29) is 11.9 Å². The van der Waals surface area contributed by atoms with E-state index < -0.39 is 6.10 Å².